The number of carbonyl (C=O) groups is 1. The number of carbonyl (C=O) groups excluding carboxylic acids is 1. The molecule has 0 aromatic heterocycles. The van der Waals surface area contributed by atoms with Crippen molar-refractivity contribution in [3.8, 4) is 5.75 Å². The fourth-order valence-electron chi connectivity index (χ4n) is 2.35. The second-order valence-corrected chi connectivity index (χ2v) is 4.94. The van der Waals surface area contributed by atoms with E-state index in [9.17, 15) is 4.79 Å². The Morgan fingerprint density at radius 1 is 1.39 bits per heavy atom. The second-order valence-electron chi connectivity index (χ2n) is 4.94. The highest BCUT2D eigenvalue weighted by Gasteiger charge is 2.19. The van der Waals surface area contributed by atoms with Gasteiger partial charge in [-0.25, -0.2) is 0 Å². The molecular formula is C15H21NO2. The maximum Gasteiger partial charge on any atom is 0.262 e. The molecule has 1 aromatic rings. The molecule has 0 saturated carbocycles. The molecule has 1 atom stereocenters. The Bertz CT molecular complexity index is 454. The molecule has 1 amide bonds. The van der Waals surface area contributed by atoms with Crippen LogP contribution in [0.2, 0.25) is 0 Å². The lowest BCUT2D eigenvalue weighted by Crippen LogP contribution is -2.25. The highest BCUT2D eigenvalue weighted by Crippen LogP contribution is 2.35. The number of aryl methyl sites for hydroxylation is 1. The summed E-state index contributed by atoms with van der Waals surface area (Å²) < 4.78 is 5.48. The number of anilines is 1. The van der Waals surface area contributed by atoms with E-state index in [2.05, 4.69) is 38.2 Å². The number of nitrogens with one attached hydrogen (secondary N) is 1. The zero-order chi connectivity index (χ0) is 13.1. The Labute approximate surface area is 109 Å². The molecule has 0 spiro atoms. The number of benzene rings is 1. The van der Waals surface area contributed by atoms with Crippen LogP contribution in [0, 0.1) is 0 Å². The van der Waals surface area contributed by atoms with E-state index in [4.69, 9.17) is 4.74 Å². The first-order valence-electron chi connectivity index (χ1n) is 6.75. The summed E-state index contributed by atoms with van der Waals surface area (Å²) in [6, 6.07) is 4.19. The molecule has 1 aliphatic rings. The van der Waals surface area contributed by atoms with Crippen molar-refractivity contribution in [2.24, 2.45) is 0 Å². The first-order valence-corrected chi connectivity index (χ1v) is 6.75. The van der Waals surface area contributed by atoms with Crippen molar-refractivity contribution in [3.63, 3.8) is 0 Å². The van der Waals surface area contributed by atoms with Crippen LogP contribution in [0.5, 0.6) is 5.75 Å². The Hall–Kier alpha value is -1.51. The van der Waals surface area contributed by atoms with Crippen LogP contribution < -0.4 is 10.1 Å². The van der Waals surface area contributed by atoms with E-state index in [-0.39, 0.29) is 12.5 Å². The Balaban J connectivity index is 2.43. The quantitative estimate of drug-likeness (QED) is 0.884. The molecule has 98 valence electrons. The molecule has 1 aliphatic heterocycles. The second kappa shape index (κ2) is 5.42. The van der Waals surface area contributed by atoms with Gasteiger partial charge in [-0.1, -0.05) is 27.2 Å². The molecule has 2 rings (SSSR count). The zero-order valence-electron chi connectivity index (χ0n) is 11.4. The van der Waals surface area contributed by atoms with E-state index in [1.807, 2.05) is 0 Å². The summed E-state index contributed by atoms with van der Waals surface area (Å²) in [6.45, 7) is 6.73. The third-order valence-corrected chi connectivity index (χ3v) is 3.54. The smallest absolute Gasteiger partial charge is 0.262 e. The molecule has 0 aliphatic carbocycles. The van der Waals surface area contributed by atoms with Crippen molar-refractivity contribution >= 4 is 11.6 Å². The number of amides is 1. The molecule has 1 N–H and O–H groups in total. The number of hydrogen-bond acceptors (Lipinski definition) is 2. The predicted octanol–water partition coefficient (Wildman–Crippen LogP) is 3.48. The largest absolute Gasteiger partial charge is 0.482 e. The van der Waals surface area contributed by atoms with Crippen LogP contribution in [0.25, 0.3) is 0 Å². The van der Waals surface area contributed by atoms with Gasteiger partial charge in [-0.2, -0.15) is 0 Å². The minimum Gasteiger partial charge on any atom is -0.482 e. The van der Waals surface area contributed by atoms with E-state index in [0.717, 1.165) is 30.7 Å². The van der Waals surface area contributed by atoms with Gasteiger partial charge in [-0.15, -0.1) is 0 Å². The van der Waals surface area contributed by atoms with Gasteiger partial charge in [0.15, 0.2) is 6.61 Å². The van der Waals surface area contributed by atoms with Gasteiger partial charge in [0.25, 0.3) is 5.91 Å². The van der Waals surface area contributed by atoms with E-state index in [1.54, 1.807) is 0 Å². The van der Waals surface area contributed by atoms with Gasteiger partial charge >= 0.3 is 0 Å². The van der Waals surface area contributed by atoms with E-state index in [0.29, 0.717) is 5.92 Å². The Morgan fingerprint density at radius 2 is 2.17 bits per heavy atom. The minimum atomic E-state index is -0.0687. The van der Waals surface area contributed by atoms with Crippen molar-refractivity contribution in [1.29, 1.82) is 0 Å². The Kier molecular flexibility index (Phi) is 3.90. The van der Waals surface area contributed by atoms with Gasteiger partial charge < -0.3 is 10.1 Å². The average Bonchev–Trinajstić information content (AvgIpc) is 2.37. The molecule has 3 heteroatoms. The lowest BCUT2D eigenvalue weighted by atomic mass is 9.90. The molecule has 1 unspecified atom stereocenters. The Morgan fingerprint density at radius 3 is 2.83 bits per heavy atom. The van der Waals surface area contributed by atoms with Crippen LogP contribution >= 0.6 is 0 Å². The van der Waals surface area contributed by atoms with Gasteiger partial charge in [0.05, 0.1) is 5.69 Å². The zero-order valence-corrected chi connectivity index (χ0v) is 11.4. The highest BCUT2D eigenvalue weighted by molar-refractivity contribution is 5.95. The summed E-state index contributed by atoms with van der Waals surface area (Å²) in [7, 11) is 0. The maximum absolute atomic E-state index is 11.4. The molecule has 3 nitrogen and oxygen atoms in total. The summed E-state index contributed by atoms with van der Waals surface area (Å²) in [5, 5.41) is 2.88. The standard InChI is InChI=1S/C15H21NO2/c1-4-6-11-7-14-13(16-15(17)9-18-14)8-12(11)10(3)5-2/h7-8,10H,4-6,9H2,1-3H3,(H,16,17). The number of hydrogen-bond donors (Lipinski definition) is 1. The van der Waals surface area contributed by atoms with Crippen LogP contribution in [0.3, 0.4) is 0 Å². The molecule has 0 bridgehead atoms. The van der Waals surface area contributed by atoms with E-state index in [1.165, 1.54) is 11.1 Å². The maximum atomic E-state index is 11.4. The fraction of sp³-hybridized carbons (Fsp3) is 0.533. The molecule has 1 aromatic carbocycles. The first kappa shape index (κ1) is 12.9. The summed E-state index contributed by atoms with van der Waals surface area (Å²) in [5.41, 5.74) is 3.51. The van der Waals surface area contributed by atoms with Gasteiger partial charge in [0.2, 0.25) is 0 Å². The topological polar surface area (TPSA) is 38.3 Å². The number of fused-ring (bicyclic) bond motifs is 1. The van der Waals surface area contributed by atoms with Crippen molar-refractivity contribution in [2.75, 3.05) is 11.9 Å². The minimum absolute atomic E-state index is 0.0687. The lowest BCUT2D eigenvalue weighted by Gasteiger charge is -2.23. The van der Waals surface area contributed by atoms with Crippen LogP contribution in [-0.2, 0) is 11.2 Å². The van der Waals surface area contributed by atoms with Crippen molar-refractivity contribution < 1.29 is 9.53 Å². The summed E-state index contributed by atoms with van der Waals surface area (Å²) in [5.74, 6) is 1.25. The predicted molar refractivity (Wildman–Crippen MR) is 73.3 cm³/mol. The molecule has 1 heterocycles. The number of rotatable bonds is 4. The molecular weight excluding hydrogens is 226 g/mol. The van der Waals surface area contributed by atoms with E-state index < -0.39 is 0 Å². The van der Waals surface area contributed by atoms with Gasteiger partial charge in [0.1, 0.15) is 5.75 Å². The van der Waals surface area contributed by atoms with Gasteiger partial charge in [-0.05, 0) is 42.0 Å². The van der Waals surface area contributed by atoms with Gasteiger partial charge in [0, 0.05) is 0 Å². The highest BCUT2D eigenvalue weighted by atomic mass is 16.5. The first-order chi connectivity index (χ1) is 8.65. The van der Waals surface area contributed by atoms with Crippen LogP contribution in [0.15, 0.2) is 12.1 Å². The normalized spacial score (nSPS) is 15.6. The monoisotopic (exact) mass is 247 g/mol. The van der Waals surface area contributed by atoms with Crippen LogP contribution in [0.4, 0.5) is 5.69 Å². The molecule has 0 saturated heterocycles. The van der Waals surface area contributed by atoms with Gasteiger partial charge in [-0.3, -0.25) is 4.79 Å². The third kappa shape index (κ3) is 2.50. The summed E-state index contributed by atoms with van der Waals surface area (Å²) >= 11 is 0. The summed E-state index contributed by atoms with van der Waals surface area (Å²) in [4.78, 5) is 11.4. The molecule has 18 heavy (non-hydrogen) atoms. The molecule has 0 fully saturated rings. The summed E-state index contributed by atoms with van der Waals surface area (Å²) in [6.07, 6.45) is 3.28. The van der Waals surface area contributed by atoms with Crippen molar-refractivity contribution in [1.82, 2.24) is 0 Å². The van der Waals surface area contributed by atoms with E-state index >= 15 is 0 Å². The number of ether oxygens (including phenoxy) is 1. The fourth-order valence-corrected chi connectivity index (χ4v) is 2.35. The lowest BCUT2D eigenvalue weighted by molar-refractivity contribution is -0.118. The average molecular weight is 247 g/mol. The van der Waals surface area contributed by atoms with Crippen LogP contribution in [-0.4, -0.2) is 12.5 Å². The van der Waals surface area contributed by atoms with Crippen molar-refractivity contribution in [2.45, 2.75) is 46.0 Å². The SMILES string of the molecule is CCCc1cc2c(cc1C(C)CC)NC(=O)CO2. The van der Waals surface area contributed by atoms with Crippen LogP contribution in [0.1, 0.15) is 50.7 Å². The third-order valence-electron chi connectivity index (χ3n) is 3.54. The molecule has 0 radical (unpaired) electrons. The van der Waals surface area contributed by atoms with Crippen molar-refractivity contribution in [3.05, 3.63) is 23.3 Å².